The highest BCUT2D eigenvalue weighted by Gasteiger charge is 2.45. The van der Waals surface area contributed by atoms with E-state index in [1.807, 2.05) is 0 Å². The van der Waals surface area contributed by atoms with Gasteiger partial charge in [0.1, 0.15) is 6.61 Å². The molecule has 5 aliphatic heterocycles. The van der Waals surface area contributed by atoms with Crippen molar-refractivity contribution in [1.29, 1.82) is 0 Å². The highest BCUT2D eigenvalue weighted by atomic mass is 16.6. The fourth-order valence-corrected chi connectivity index (χ4v) is 6.90. The molecule has 5 fully saturated rings. The minimum absolute atomic E-state index is 0.205. The fourth-order valence-electron chi connectivity index (χ4n) is 6.90. The summed E-state index contributed by atoms with van der Waals surface area (Å²) in [6, 6.07) is 0. The van der Waals surface area contributed by atoms with Gasteiger partial charge in [-0.3, -0.25) is 0 Å². The van der Waals surface area contributed by atoms with Gasteiger partial charge < -0.3 is 9.39 Å². The van der Waals surface area contributed by atoms with Crippen LogP contribution in [-0.2, 0) is 9.39 Å². The molecule has 27 heavy (non-hydrogen) atoms. The lowest BCUT2D eigenvalue weighted by Gasteiger charge is -2.42. The van der Waals surface area contributed by atoms with Crippen LogP contribution >= 0.6 is 0 Å². The quantitative estimate of drug-likeness (QED) is 0.483. The summed E-state index contributed by atoms with van der Waals surface area (Å²) in [5.41, 5.74) is 0. The molecular weight excluding hydrogens is 336 g/mol. The summed E-state index contributed by atoms with van der Waals surface area (Å²) in [6.07, 6.45) is 15.9. The van der Waals surface area contributed by atoms with Gasteiger partial charge >= 0.3 is 13.0 Å². The van der Waals surface area contributed by atoms with Crippen LogP contribution in [0, 0.1) is 0 Å². The molecule has 0 aromatic carbocycles. The summed E-state index contributed by atoms with van der Waals surface area (Å²) >= 11 is 0. The van der Waals surface area contributed by atoms with Crippen LogP contribution in [0.3, 0.4) is 0 Å². The van der Waals surface area contributed by atoms with Crippen molar-refractivity contribution in [2.75, 3.05) is 13.2 Å². The number of carbonyl (C=O) groups excluding carboxylic acids is 1. The number of rotatable bonds is 4. The van der Waals surface area contributed by atoms with Crippen LogP contribution in [0.15, 0.2) is 11.9 Å². The molecule has 0 aromatic rings. The number of cyclic esters (lactones) is 1. The third-order valence-corrected chi connectivity index (χ3v) is 8.24. The van der Waals surface area contributed by atoms with Crippen molar-refractivity contribution in [1.82, 2.24) is 4.90 Å². The van der Waals surface area contributed by atoms with Gasteiger partial charge in [-0.05, 0) is 11.6 Å². The molecule has 4 bridgehead atoms. The third kappa shape index (κ3) is 3.53. The van der Waals surface area contributed by atoms with Gasteiger partial charge in [0.05, 0.1) is 6.54 Å². The van der Waals surface area contributed by atoms with Crippen molar-refractivity contribution in [3.63, 3.8) is 0 Å². The molecule has 4 nitrogen and oxygen atoms in total. The lowest BCUT2D eigenvalue weighted by atomic mass is 9.27. The first kappa shape index (κ1) is 18.0. The maximum Gasteiger partial charge on any atom is 0.416 e. The second kappa shape index (κ2) is 7.75. The first-order chi connectivity index (χ1) is 13.3. The predicted molar refractivity (Wildman–Crippen MR) is 109 cm³/mol. The molecule has 0 N–H and O–H groups in total. The zero-order valence-corrected chi connectivity index (χ0v) is 16.6. The van der Waals surface area contributed by atoms with Gasteiger partial charge in [-0.25, -0.2) is 9.69 Å². The number of hydrogen-bond acceptors (Lipinski definition) is 3. The molecule has 0 unspecified atom stereocenters. The minimum atomic E-state index is -0.205. The Bertz CT molecular complexity index is 554. The maximum absolute atomic E-state index is 12.4. The molecule has 0 saturated carbocycles. The van der Waals surface area contributed by atoms with E-state index in [9.17, 15) is 4.79 Å². The van der Waals surface area contributed by atoms with Crippen LogP contribution in [0.1, 0.15) is 77.0 Å². The van der Waals surface area contributed by atoms with Crippen molar-refractivity contribution < 1.29 is 14.2 Å². The van der Waals surface area contributed by atoms with Gasteiger partial charge in [0, 0.05) is 0 Å². The summed E-state index contributed by atoms with van der Waals surface area (Å²) in [5, 5.41) is 0. The second-order valence-electron chi connectivity index (χ2n) is 9.69. The summed E-state index contributed by atoms with van der Waals surface area (Å²) in [5.74, 6) is 6.19. The molecule has 0 atom stereocenters. The number of ether oxygens (including phenoxy) is 1. The van der Waals surface area contributed by atoms with E-state index in [-0.39, 0.29) is 6.09 Å². The van der Waals surface area contributed by atoms with E-state index >= 15 is 0 Å². The average Bonchev–Trinajstić information content (AvgIpc) is 3.06. The molecule has 1 amide bonds. The fraction of sp³-hybridized carbons (Fsp3) is 0.857. The Hall–Kier alpha value is -1.06. The average molecular weight is 369 g/mol. The molecule has 0 aliphatic carbocycles. The molecule has 146 valence electrons. The Morgan fingerprint density at radius 1 is 0.889 bits per heavy atom. The molecule has 5 heterocycles. The van der Waals surface area contributed by atoms with Crippen molar-refractivity contribution in [2.45, 2.75) is 100 Å². The number of amides is 1. The lowest BCUT2D eigenvalue weighted by Crippen LogP contribution is -2.41. The molecule has 5 rings (SSSR count). The summed E-state index contributed by atoms with van der Waals surface area (Å²) in [6.45, 7) is 2.05. The van der Waals surface area contributed by atoms with E-state index in [1.165, 1.54) is 77.0 Å². The predicted octanol–water partition coefficient (Wildman–Crippen LogP) is 5.54. The molecule has 0 radical (unpaired) electrons. The smallest absolute Gasteiger partial charge is 0.416 e. The van der Waals surface area contributed by atoms with Gasteiger partial charge in [-0.1, -0.05) is 94.7 Å². The number of hydrogen-bond donors (Lipinski definition) is 0. The van der Waals surface area contributed by atoms with Gasteiger partial charge in [0.15, 0.2) is 12.6 Å². The highest BCUT2D eigenvalue weighted by Crippen LogP contribution is 2.49. The molecular formula is C21H33B2NO3. The van der Waals surface area contributed by atoms with Gasteiger partial charge in [0.2, 0.25) is 0 Å². The number of nitrogens with zero attached hydrogens (tertiary/aromatic N) is 1. The second-order valence-corrected chi connectivity index (χ2v) is 9.69. The molecule has 0 aromatic heterocycles. The van der Waals surface area contributed by atoms with E-state index in [2.05, 4.69) is 5.98 Å². The monoisotopic (exact) mass is 369 g/mol. The topological polar surface area (TPSA) is 38.8 Å². The van der Waals surface area contributed by atoms with Crippen LogP contribution < -0.4 is 0 Å². The van der Waals surface area contributed by atoms with E-state index in [1.54, 1.807) is 4.90 Å². The molecule has 6 heteroatoms. The number of fused-ring (bicyclic) bond motifs is 4. The lowest BCUT2D eigenvalue weighted by molar-refractivity contribution is 0.152. The van der Waals surface area contributed by atoms with Crippen molar-refractivity contribution >= 4 is 19.7 Å². The number of carbonyl (C=O) groups is 1. The van der Waals surface area contributed by atoms with Crippen molar-refractivity contribution in [2.24, 2.45) is 0 Å². The summed E-state index contributed by atoms with van der Waals surface area (Å²) in [4.78, 5) is 14.2. The van der Waals surface area contributed by atoms with E-state index in [4.69, 9.17) is 9.39 Å². The van der Waals surface area contributed by atoms with E-state index < -0.39 is 0 Å². The third-order valence-electron chi connectivity index (χ3n) is 8.24. The standard InChI is InChI=1S/C21H33B2NO3/c25-21-24(13-14-26-21)20(15-22-16-5-1-6-17(22)8-2-7-16)27-23-18-9-3-10-19(23)12-4-11-18/h15-19H,1-14H2/b20-15-. The minimum Gasteiger partial charge on any atom is -0.549 e. The zero-order valence-electron chi connectivity index (χ0n) is 16.6. The normalized spacial score (nSPS) is 36.7. The van der Waals surface area contributed by atoms with Gasteiger partial charge in [0.25, 0.3) is 0 Å². The molecule has 0 spiro atoms. The van der Waals surface area contributed by atoms with Crippen LogP contribution in [0.5, 0.6) is 0 Å². The maximum atomic E-state index is 12.4. The zero-order chi connectivity index (χ0) is 18.2. The van der Waals surface area contributed by atoms with Gasteiger partial charge in [-0.2, -0.15) is 0 Å². The summed E-state index contributed by atoms with van der Waals surface area (Å²) in [7, 11) is 0. The first-order valence-electron chi connectivity index (χ1n) is 11.6. The van der Waals surface area contributed by atoms with Gasteiger partial charge in [-0.15, -0.1) is 0 Å². The highest BCUT2D eigenvalue weighted by molar-refractivity contribution is 6.68. The first-order valence-corrected chi connectivity index (χ1v) is 11.6. The van der Waals surface area contributed by atoms with E-state index in [0.29, 0.717) is 38.4 Å². The SMILES string of the molecule is O=C1OCCN1/C(=C/B1C2CCCC1CCC2)OB1C2CCCC1CCC2. The van der Waals surface area contributed by atoms with Crippen LogP contribution in [0.25, 0.3) is 0 Å². The Morgan fingerprint density at radius 2 is 1.41 bits per heavy atom. The Kier molecular flexibility index (Phi) is 5.17. The summed E-state index contributed by atoms with van der Waals surface area (Å²) < 4.78 is 12.0. The van der Waals surface area contributed by atoms with E-state index in [0.717, 1.165) is 17.5 Å². The van der Waals surface area contributed by atoms with Crippen LogP contribution in [0.2, 0.25) is 23.3 Å². The Balaban J connectivity index is 1.41. The Morgan fingerprint density at radius 3 is 1.89 bits per heavy atom. The van der Waals surface area contributed by atoms with Crippen molar-refractivity contribution in [3.05, 3.63) is 11.9 Å². The van der Waals surface area contributed by atoms with Crippen LogP contribution in [-0.4, -0.2) is 37.8 Å². The Labute approximate surface area is 164 Å². The molecule has 5 saturated heterocycles. The van der Waals surface area contributed by atoms with Crippen molar-refractivity contribution in [3.8, 4) is 0 Å². The molecule has 5 aliphatic rings. The van der Waals surface area contributed by atoms with Crippen LogP contribution in [0.4, 0.5) is 4.79 Å². The largest absolute Gasteiger partial charge is 0.549 e.